The molecule has 1 aliphatic rings. The molecule has 0 radical (unpaired) electrons. The second kappa shape index (κ2) is 7.31. The molecule has 1 saturated heterocycles. The summed E-state index contributed by atoms with van der Waals surface area (Å²) in [5.74, 6) is 1.51. The van der Waals surface area contributed by atoms with E-state index in [1.807, 2.05) is 24.3 Å². The molecule has 108 valence electrons. The monoisotopic (exact) mass is 330 g/mol. The molecule has 1 aromatic heterocycles. The minimum Gasteiger partial charge on any atom is -1.00 e. The van der Waals surface area contributed by atoms with Crippen LogP contribution in [-0.2, 0) is 5.75 Å². The smallest absolute Gasteiger partial charge is 0.276 e. The fourth-order valence-corrected chi connectivity index (χ4v) is 2.89. The standard InChI is InChI=1S/C13H14ClN3OS.ClH/c14-10-5-3-9(4-6-10)8-19-13-17-16-12(18-13)11-2-1-7-15-11;/h3-6,11,15H,1-2,7-8H2;1H/p-1/t11-;/m0./s1. The summed E-state index contributed by atoms with van der Waals surface area (Å²) in [5.41, 5.74) is 1.19. The Morgan fingerprint density at radius 2 is 2.10 bits per heavy atom. The molecule has 1 aliphatic heterocycles. The van der Waals surface area contributed by atoms with E-state index in [4.69, 9.17) is 16.0 Å². The number of halogens is 2. The molecule has 1 aromatic carbocycles. The lowest BCUT2D eigenvalue weighted by Gasteiger charge is -2.02. The Morgan fingerprint density at radius 3 is 2.80 bits per heavy atom. The van der Waals surface area contributed by atoms with Crippen molar-refractivity contribution in [1.82, 2.24) is 15.5 Å². The number of hydrogen-bond donors (Lipinski definition) is 1. The van der Waals surface area contributed by atoms with E-state index in [0.29, 0.717) is 11.1 Å². The van der Waals surface area contributed by atoms with Gasteiger partial charge in [0.1, 0.15) is 0 Å². The summed E-state index contributed by atoms with van der Waals surface area (Å²) in [7, 11) is 0. The maximum atomic E-state index is 5.85. The Labute approximate surface area is 133 Å². The highest BCUT2D eigenvalue weighted by Gasteiger charge is 2.22. The van der Waals surface area contributed by atoms with Crippen molar-refractivity contribution in [3.8, 4) is 0 Å². The third-order valence-electron chi connectivity index (χ3n) is 3.06. The van der Waals surface area contributed by atoms with Crippen LogP contribution in [0.4, 0.5) is 0 Å². The van der Waals surface area contributed by atoms with Crippen molar-refractivity contribution in [2.75, 3.05) is 6.54 Å². The summed E-state index contributed by atoms with van der Waals surface area (Å²) in [5, 5.41) is 12.9. The lowest BCUT2D eigenvalue weighted by molar-refractivity contribution is -0.00000440. The molecular weight excluding hydrogens is 317 g/mol. The van der Waals surface area contributed by atoms with E-state index in [2.05, 4.69) is 15.5 Å². The molecule has 2 aromatic rings. The zero-order valence-corrected chi connectivity index (χ0v) is 13.0. The van der Waals surface area contributed by atoms with E-state index in [-0.39, 0.29) is 18.4 Å². The van der Waals surface area contributed by atoms with E-state index >= 15 is 0 Å². The molecule has 0 bridgehead atoms. The summed E-state index contributed by atoms with van der Waals surface area (Å²) in [6.07, 6.45) is 2.24. The maximum Gasteiger partial charge on any atom is 0.276 e. The minimum absolute atomic E-state index is 0. The second-order valence-electron chi connectivity index (χ2n) is 4.47. The first kappa shape index (κ1) is 15.6. The fourth-order valence-electron chi connectivity index (χ4n) is 2.04. The van der Waals surface area contributed by atoms with E-state index < -0.39 is 0 Å². The SMILES string of the molecule is Clc1ccc(CSc2nnc([C@@H]3CCCN3)o2)cc1.[Cl-]. The van der Waals surface area contributed by atoms with Gasteiger partial charge in [0.25, 0.3) is 5.22 Å². The van der Waals surface area contributed by atoms with Crippen molar-refractivity contribution in [3.63, 3.8) is 0 Å². The van der Waals surface area contributed by atoms with Crippen molar-refractivity contribution in [1.29, 1.82) is 0 Å². The second-order valence-corrected chi connectivity index (χ2v) is 5.83. The highest BCUT2D eigenvalue weighted by molar-refractivity contribution is 7.98. The first-order valence-corrected chi connectivity index (χ1v) is 7.61. The van der Waals surface area contributed by atoms with Crippen molar-refractivity contribution < 1.29 is 16.8 Å². The number of hydrogen-bond acceptors (Lipinski definition) is 5. The van der Waals surface area contributed by atoms with Crippen LogP contribution in [0, 0.1) is 0 Å². The molecule has 1 fully saturated rings. The quantitative estimate of drug-likeness (QED) is 0.824. The van der Waals surface area contributed by atoms with E-state index in [9.17, 15) is 0 Å². The Morgan fingerprint density at radius 1 is 1.30 bits per heavy atom. The van der Waals surface area contributed by atoms with E-state index in [1.54, 1.807) is 11.8 Å². The van der Waals surface area contributed by atoms with Crippen LogP contribution in [0.15, 0.2) is 33.9 Å². The van der Waals surface area contributed by atoms with Crippen LogP contribution in [0.3, 0.4) is 0 Å². The van der Waals surface area contributed by atoms with Gasteiger partial charge in [-0.2, -0.15) is 0 Å². The topological polar surface area (TPSA) is 51.0 Å². The molecular formula is C13H14Cl2N3OS-. The van der Waals surface area contributed by atoms with Gasteiger partial charge < -0.3 is 22.1 Å². The zero-order chi connectivity index (χ0) is 13.1. The average molecular weight is 331 g/mol. The summed E-state index contributed by atoms with van der Waals surface area (Å²) in [6, 6.07) is 8.02. The molecule has 20 heavy (non-hydrogen) atoms. The van der Waals surface area contributed by atoms with Crippen LogP contribution in [-0.4, -0.2) is 16.7 Å². The van der Waals surface area contributed by atoms with Gasteiger partial charge in [-0.1, -0.05) is 35.5 Å². The normalized spacial score (nSPS) is 17.9. The van der Waals surface area contributed by atoms with Crippen LogP contribution < -0.4 is 17.7 Å². The van der Waals surface area contributed by atoms with Crippen LogP contribution in [0.1, 0.15) is 30.3 Å². The molecule has 1 atom stereocenters. The Balaban J connectivity index is 0.00000147. The molecule has 1 N–H and O–H groups in total. The number of rotatable bonds is 4. The number of thioether (sulfide) groups is 1. The predicted octanol–water partition coefficient (Wildman–Crippen LogP) is 0.444. The highest BCUT2D eigenvalue weighted by atomic mass is 35.5. The Hall–Kier alpha value is -0.750. The summed E-state index contributed by atoms with van der Waals surface area (Å²) in [6.45, 7) is 1.03. The third-order valence-corrected chi connectivity index (χ3v) is 4.20. The maximum absolute atomic E-state index is 5.85. The van der Waals surface area contributed by atoms with Gasteiger partial charge in [0.2, 0.25) is 5.89 Å². The first-order valence-electron chi connectivity index (χ1n) is 6.25. The number of nitrogens with zero attached hydrogens (tertiary/aromatic N) is 2. The molecule has 2 heterocycles. The first-order chi connectivity index (χ1) is 9.31. The summed E-state index contributed by atoms with van der Waals surface area (Å²) >= 11 is 7.40. The number of nitrogens with one attached hydrogen (secondary N) is 1. The molecule has 0 unspecified atom stereocenters. The van der Waals surface area contributed by atoms with Gasteiger partial charge >= 0.3 is 0 Å². The minimum atomic E-state index is 0. The van der Waals surface area contributed by atoms with Gasteiger partial charge in [-0.15, -0.1) is 10.2 Å². The van der Waals surface area contributed by atoms with Crippen molar-refractivity contribution in [3.05, 3.63) is 40.7 Å². The highest BCUT2D eigenvalue weighted by Crippen LogP contribution is 2.27. The molecule has 0 amide bonds. The summed E-state index contributed by atoms with van der Waals surface area (Å²) < 4.78 is 5.67. The van der Waals surface area contributed by atoms with Gasteiger partial charge in [-0.25, -0.2) is 0 Å². The van der Waals surface area contributed by atoms with Gasteiger partial charge in [0.05, 0.1) is 6.04 Å². The Bertz CT molecular complexity index is 541. The van der Waals surface area contributed by atoms with E-state index in [1.165, 1.54) is 12.0 Å². The van der Waals surface area contributed by atoms with Crippen LogP contribution >= 0.6 is 23.4 Å². The number of aromatic nitrogens is 2. The molecule has 0 spiro atoms. The predicted molar refractivity (Wildman–Crippen MR) is 75.3 cm³/mol. The van der Waals surface area contributed by atoms with Gasteiger partial charge in [-0.05, 0) is 37.1 Å². The third kappa shape index (κ3) is 3.88. The molecule has 3 rings (SSSR count). The lowest BCUT2D eigenvalue weighted by atomic mass is 10.2. The molecule has 7 heteroatoms. The van der Waals surface area contributed by atoms with Gasteiger partial charge in [0.15, 0.2) is 0 Å². The van der Waals surface area contributed by atoms with Crippen molar-refractivity contribution in [2.45, 2.75) is 29.9 Å². The van der Waals surface area contributed by atoms with Crippen LogP contribution in [0.25, 0.3) is 0 Å². The lowest BCUT2D eigenvalue weighted by Crippen LogP contribution is -3.00. The molecule has 0 saturated carbocycles. The average Bonchev–Trinajstić information content (AvgIpc) is 3.09. The fraction of sp³-hybridized carbons (Fsp3) is 0.385. The zero-order valence-electron chi connectivity index (χ0n) is 10.7. The van der Waals surface area contributed by atoms with Crippen LogP contribution in [0.2, 0.25) is 5.02 Å². The van der Waals surface area contributed by atoms with Crippen LogP contribution in [0.5, 0.6) is 0 Å². The molecule has 4 nitrogen and oxygen atoms in total. The van der Waals surface area contributed by atoms with E-state index in [0.717, 1.165) is 23.7 Å². The Kier molecular flexibility index (Phi) is 5.72. The van der Waals surface area contributed by atoms with Gasteiger partial charge in [0, 0.05) is 10.8 Å². The number of benzene rings is 1. The largest absolute Gasteiger partial charge is 1.00 e. The van der Waals surface area contributed by atoms with Gasteiger partial charge in [-0.3, -0.25) is 0 Å². The summed E-state index contributed by atoms with van der Waals surface area (Å²) in [4.78, 5) is 0. The van der Waals surface area contributed by atoms with Crippen molar-refractivity contribution in [2.24, 2.45) is 0 Å². The van der Waals surface area contributed by atoms with Crippen molar-refractivity contribution >= 4 is 23.4 Å². The molecule has 0 aliphatic carbocycles.